The van der Waals surface area contributed by atoms with Gasteiger partial charge in [-0.05, 0) is 43.9 Å². The van der Waals surface area contributed by atoms with E-state index in [-0.39, 0.29) is 5.41 Å². The summed E-state index contributed by atoms with van der Waals surface area (Å²) >= 11 is 5.40. The molecule has 0 spiro atoms. The predicted octanol–water partition coefficient (Wildman–Crippen LogP) is 8.34. The van der Waals surface area contributed by atoms with Gasteiger partial charge in [0, 0.05) is 5.41 Å². The second kappa shape index (κ2) is 16.0. The minimum atomic E-state index is -2.46. The molecule has 0 aliphatic carbocycles. The lowest BCUT2D eigenvalue weighted by molar-refractivity contribution is 0.0253. The quantitative estimate of drug-likeness (QED) is 0.131. The summed E-state index contributed by atoms with van der Waals surface area (Å²) in [5, 5.41) is 0. The lowest BCUT2D eigenvalue weighted by Gasteiger charge is -2.35. The first kappa shape index (κ1) is 26.3. The summed E-state index contributed by atoms with van der Waals surface area (Å²) in [5.41, 5.74) is 0.0507. The molecule has 0 unspecified atom stereocenters. The molecule has 0 aromatic rings. The maximum Gasteiger partial charge on any atom is 0.327 e. The van der Waals surface area contributed by atoms with Crippen LogP contribution in [0.15, 0.2) is 12.2 Å². The second-order valence-corrected chi connectivity index (χ2v) is 11.9. The Morgan fingerprint density at radius 2 is 1.25 bits per heavy atom. The van der Waals surface area contributed by atoms with E-state index in [1.807, 2.05) is 0 Å². The van der Waals surface area contributed by atoms with E-state index in [1.165, 1.54) is 83.5 Å². The van der Waals surface area contributed by atoms with Gasteiger partial charge in [-0.15, -0.1) is 0 Å². The number of allylic oxidation sites excluding steroid dienone is 2. The molecule has 0 bridgehead atoms. The van der Waals surface area contributed by atoms with Gasteiger partial charge in [-0.3, -0.25) is 0 Å². The van der Waals surface area contributed by atoms with E-state index >= 15 is 0 Å². The zero-order valence-electron chi connectivity index (χ0n) is 18.8. The van der Waals surface area contributed by atoms with Crippen LogP contribution in [0.1, 0.15) is 111 Å². The molecule has 1 aliphatic heterocycles. The normalized spacial score (nSPS) is 18.7. The van der Waals surface area contributed by atoms with Crippen LogP contribution in [0.5, 0.6) is 0 Å². The van der Waals surface area contributed by atoms with E-state index in [4.69, 9.17) is 25.4 Å². The number of rotatable bonds is 17. The Morgan fingerprint density at radius 3 is 1.79 bits per heavy atom. The topological polar surface area (TPSA) is 27.7 Å². The van der Waals surface area contributed by atoms with E-state index in [9.17, 15) is 0 Å². The van der Waals surface area contributed by atoms with Crippen LogP contribution in [0.3, 0.4) is 0 Å². The Kier molecular flexibility index (Phi) is 15.1. The van der Waals surface area contributed by atoms with Crippen LogP contribution in [0.4, 0.5) is 0 Å². The van der Waals surface area contributed by atoms with Crippen molar-refractivity contribution in [1.82, 2.24) is 0 Å². The molecular formula is C23H45O3PS. The summed E-state index contributed by atoms with van der Waals surface area (Å²) in [5.74, 6) is 0. The highest BCUT2D eigenvalue weighted by Gasteiger charge is 2.34. The Balaban J connectivity index is 1.82. The molecule has 1 aliphatic rings. The molecule has 1 fully saturated rings. The number of hydrogen-bond donors (Lipinski definition) is 0. The summed E-state index contributed by atoms with van der Waals surface area (Å²) in [7, 11) is 0. The molecule has 0 amide bonds. The fourth-order valence-electron chi connectivity index (χ4n) is 3.19. The van der Waals surface area contributed by atoms with Gasteiger partial charge in [0.1, 0.15) is 0 Å². The predicted molar refractivity (Wildman–Crippen MR) is 125 cm³/mol. The fourth-order valence-corrected chi connectivity index (χ4v) is 5.32. The smallest absolute Gasteiger partial charge is 0.309 e. The summed E-state index contributed by atoms with van der Waals surface area (Å²) in [6.45, 7) is 6.00. The molecule has 0 N–H and O–H groups in total. The fraction of sp³-hybridized carbons (Fsp3) is 0.913. The monoisotopic (exact) mass is 432 g/mol. The van der Waals surface area contributed by atoms with Crippen molar-refractivity contribution >= 4 is 18.5 Å². The van der Waals surface area contributed by atoms with Crippen LogP contribution in [-0.4, -0.2) is 19.8 Å². The highest BCUT2D eigenvalue weighted by atomic mass is 32.5. The van der Waals surface area contributed by atoms with Crippen molar-refractivity contribution in [2.45, 2.75) is 111 Å². The van der Waals surface area contributed by atoms with Crippen LogP contribution < -0.4 is 0 Å². The van der Waals surface area contributed by atoms with E-state index in [0.29, 0.717) is 19.8 Å². The molecule has 1 heterocycles. The van der Waals surface area contributed by atoms with Crippen LogP contribution in [0.25, 0.3) is 0 Å². The van der Waals surface area contributed by atoms with Gasteiger partial charge in [-0.2, -0.15) is 0 Å². The van der Waals surface area contributed by atoms with Crippen molar-refractivity contribution in [1.29, 1.82) is 0 Å². The minimum Gasteiger partial charge on any atom is -0.309 e. The Hall–Kier alpha value is 0.270. The van der Waals surface area contributed by atoms with Crippen molar-refractivity contribution < 1.29 is 13.6 Å². The second-order valence-electron chi connectivity index (χ2n) is 8.93. The molecule has 28 heavy (non-hydrogen) atoms. The molecule has 3 nitrogen and oxygen atoms in total. The van der Waals surface area contributed by atoms with Gasteiger partial charge in [-0.1, -0.05) is 90.7 Å². The third-order valence-corrected chi connectivity index (χ3v) is 7.47. The zero-order chi connectivity index (χ0) is 20.6. The van der Waals surface area contributed by atoms with Gasteiger partial charge in [0.2, 0.25) is 0 Å². The Bertz CT molecular complexity index is 437. The Labute approximate surface area is 180 Å². The van der Waals surface area contributed by atoms with Crippen LogP contribution in [0.2, 0.25) is 0 Å². The van der Waals surface area contributed by atoms with Gasteiger partial charge in [-0.25, -0.2) is 0 Å². The van der Waals surface area contributed by atoms with E-state index in [1.54, 1.807) is 0 Å². The van der Waals surface area contributed by atoms with Crippen LogP contribution >= 0.6 is 6.72 Å². The molecule has 0 radical (unpaired) electrons. The molecule has 0 atom stereocenters. The SMILES string of the molecule is CCCCCCCC/C=C\CCCCCCCCOP1(=S)OCC(C)(C)CO1. The molecule has 0 aromatic heterocycles. The molecule has 5 heteroatoms. The maximum atomic E-state index is 5.76. The van der Waals surface area contributed by atoms with Gasteiger partial charge >= 0.3 is 6.72 Å². The lowest BCUT2D eigenvalue weighted by atomic mass is 9.97. The summed E-state index contributed by atoms with van der Waals surface area (Å²) in [6.07, 6.45) is 23.1. The molecule has 0 aromatic carbocycles. The van der Waals surface area contributed by atoms with E-state index < -0.39 is 6.72 Å². The average Bonchev–Trinajstić information content (AvgIpc) is 2.67. The van der Waals surface area contributed by atoms with Crippen molar-refractivity contribution in [3.05, 3.63) is 12.2 Å². The van der Waals surface area contributed by atoms with Crippen LogP contribution in [-0.2, 0) is 25.4 Å². The molecule has 0 saturated carbocycles. The molecular weight excluding hydrogens is 387 g/mol. The zero-order valence-corrected chi connectivity index (χ0v) is 20.5. The summed E-state index contributed by atoms with van der Waals surface area (Å²) < 4.78 is 17.1. The largest absolute Gasteiger partial charge is 0.327 e. The molecule has 1 saturated heterocycles. The third kappa shape index (κ3) is 14.3. The lowest BCUT2D eigenvalue weighted by Crippen LogP contribution is -2.29. The van der Waals surface area contributed by atoms with Crippen molar-refractivity contribution in [2.24, 2.45) is 5.41 Å². The van der Waals surface area contributed by atoms with Crippen molar-refractivity contribution in [3.8, 4) is 0 Å². The average molecular weight is 433 g/mol. The molecule has 1 rings (SSSR count). The van der Waals surface area contributed by atoms with Crippen LogP contribution in [0, 0.1) is 5.41 Å². The van der Waals surface area contributed by atoms with Crippen molar-refractivity contribution in [3.63, 3.8) is 0 Å². The molecule has 166 valence electrons. The maximum absolute atomic E-state index is 5.76. The number of hydrogen-bond acceptors (Lipinski definition) is 4. The van der Waals surface area contributed by atoms with Crippen molar-refractivity contribution in [2.75, 3.05) is 19.8 Å². The number of unbranched alkanes of at least 4 members (excludes halogenated alkanes) is 12. The Morgan fingerprint density at radius 1 is 0.786 bits per heavy atom. The van der Waals surface area contributed by atoms with Gasteiger partial charge in [0.15, 0.2) is 0 Å². The highest BCUT2D eigenvalue weighted by molar-refractivity contribution is 8.07. The standard InChI is InChI=1S/C23H45O3PS/c1-4-5-6-7-8-9-10-11-12-13-14-15-16-17-18-19-20-24-27(28)25-21-23(2,3)22-26-27/h11-12H,4-10,13-22H2,1-3H3/b12-11-. The van der Waals surface area contributed by atoms with E-state index in [2.05, 4.69) is 32.9 Å². The van der Waals surface area contributed by atoms with E-state index in [0.717, 1.165) is 6.42 Å². The summed E-state index contributed by atoms with van der Waals surface area (Å²) in [4.78, 5) is 0. The third-order valence-electron chi connectivity index (χ3n) is 5.13. The first-order valence-corrected chi connectivity index (χ1v) is 14.2. The first-order valence-electron chi connectivity index (χ1n) is 11.7. The summed E-state index contributed by atoms with van der Waals surface area (Å²) in [6, 6.07) is 0. The first-order chi connectivity index (χ1) is 13.5. The van der Waals surface area contributed by atoms with Gasteiger partial charge in [0.05, 0.1) is 19.8 Å². The van der Waals surface area contributed by atoms with Gasteiger partial charge < -0.3 is 13.6 Å². The van der Waals surface area contributed by atoms with Gasteiger partial charge in [0.25, 0.3) is 0 Å². The minimum absolute atomic E-state index is 0.0507. The highest BCUT2D eigenvalue weighted by Crippen LogP contribution is 2.54.